The van der Waals surface area contributed by atoms with Gasteiger partial charge in [-0.3, -0.25) is 5.43 Å². The van der Waals surface area contributed by atoms with E-state index >= 15 is 0 Å². The van der Waals surface area contributed by atoms with Gasteiger partial charge in [0.2, 0.25) is 5.95 Å². The Hall–Kier alpha value is -1.44. The third-order valence-corrected chi connectivity index (χ3v) is 4.53. The molecule has 2 aromatic rings. The van der Waals surface area contributed by atoms with Crippen LogP contribution in [0.4, 0.5) is 11.8 Å². The van der Waals surface area contributed by atoms with Gasteiger partial charge in [0, 0.05) is 24.1 Å². The fourth-order valence-electron chi connectivity index (χ4n) is 2.26. The Kier molecular flexibility index (Phi) is 5.33. The molecule has 6 nitrogen and oxygen atoms in total. The maximum atomic E-state index is 9.11. The minimum atomic E-state index is 0.170. The first kappa shape index (κ1) is 15.9. The number of anilines is 2. The number of aryl methyl sites for hydroxylation is 1. The van der Waals surface area contributed by atoms with Crippen molar-refractivity contribution in [2.45, 2.75) is 39.7 Å². The summed E-state index contributed by atoms with van der Waals surface area (Å²) in [6, 6.07) is 2.44. The molecule has 0 aliphatic heterocycles. The van der Waals surface area contributed by atoms with E-state index in [0.717, 1.165) is 29.0 Å². The van der Waals surface area contributed by atoms with E-state index in [4.69, 9.17) is 10.9 Å². The molecule has 0 spiro atoms. The predicted molar refractivity (Wildman–Crippen MR) is 88.8 cm³/mol. The van der Waals surface area contributed by atoms with E-state index in [9.17, 15) is 0 Å². The Morgan fingerprint density at radius 1 is 1.43 bits per heavy atom. The van der Waals surface area contributed by atoms with Gasteiger partial charge in [0.25, 0.3) is 0 Å². The van der Waals surface area contributed by atoms with Gasteiger partial charge in [0.1, 0.15) is 10.6 Å². The van der Waals surface area contributed by atoms with Gasteiger partial charge in [-0.25, -0.2) is 10.8 Å². The quantitative estimate of drug-likeness (QED) is 0.536. The maximum absolute atomic E-state index is 9.11. The predicted octanol–water partition coefficient (Wildman–Crippen LogP) is 2.14. The number of aromatic nitrogens is 2. The monoisotopic (exact) mass is 309 g/mol. The van der Waals surface area contributed by atoms with Gasteiger partial charge >= 0.3 is 0 Å². The van der Waals surface area contributed by atoms with Crippen molar-refractivity contribution in [2.75, 3.05) is 23.5 Å². The molecule has 116 valence electrons. The summed E-state index contributed by atoms with van der Waals surface area (Å²) in [4.78, 5) is 13.4. The number of aliphatic hydroxyl groups is 1. The molecule has 0 saturated heterocycles. The number of nitrogens with one attached hydrogen (secondary N) is 1. The SMILES string of the molecule is CCc1cc2c(N(CCCO)C(C)C)nc(NN)nc2s1. The first-order valence-corrected chi connectivity index (χ1v) is 8.06. The van der Waals surface area contributed by atoms with E-state index in [1.807, 2.05) is 0 Å². The standard InChI is InChI=1S/C14H23N5OS/c1-4-10-8-11-12(19(9(2)3)6-5-7-20)16-14(18-15)17-13(11)21-10/h8-9,20H,4-7,15H2,1-3H3,(H,16,17,18). The summed E-state index contributed by atoms with van der Waals surface area (Å²) in [5.74, 6) is 6.81. The van der Waals surface area contributed by atoms with Crippen molar-refractivity contribution in [3.63, 3.8) is 0 Å². The highest BCUT2D eigenvalue weighted by atomic mass is 32.1. The molecule has 7 heteroatoms. The topological polar surface area (TPSA) is 87.3 Å². The molecule has 2 aromatic heterocycles. The first-order valence-electron chi connectivity index (χ1n) is 7.25. The van der Waals surface area contributed by atoms with Gasteiger partial charge in [-0.15, -0.1) is 11.3 Å². The Balaban J connectivity index is 2.54. The van der Waals surface area contributed by atoms with Crippen LogP contribution in [0, 0.1) is 0 Å². The lowest BCUT2D eigenvalue weighted by Crippen LogP contribution is -2.33. The van der Waals surface area contributed by atoms with Crippen molar-refractivity contribution in [2.24, 2.45) is 5.84 Å². The molecule has 0 unspecified atom stereocenters. The van der Waals surface area contributed by atoms with E-state index in [2.05, 4.69) is 47.1 Å². The number of fused-ring (bicyclic) bond motifs is 1. The molecule has 0 atom stereocenters. The number of thiophene rings is 1. The van der Waals surface area contributed by atoms with Crippen LogP contribution >= 0.6 is 11.3 Å². The minimum Gasteiger partial charge on any atom is -0.396 e. The number of hydrazine groups is 1. The van der Waals surface area contributed by atoms with E-state index in [1.54, 1.807) is 11.3 Å². The summed E-state index contributed by atoms with van der Waals surface area (Å²) in [5.41, 5.74) is 2.55. The number of hydrogen-bond acceptors (Lipinski definition) is 7. The molecule has 0 saturated carbocycles. The molecule has 0 bridgehead atoms. The first-order chi connectivity index (χ1) is 10.1. The van der Waals surface area contributed by atoms with Gasteiger partial charge in [-0.05, 0) is 32.8 Å². The molecule has 0 aromatic carbocycles. The Labute approximate surface area is 129 Å². The average Bonchev–Trinajstić information content (AvgIpc) is 2.90. The summed E-state index contributed by atoms with van der Waals surface area (Å²) in [6.45, 7) is 7.29. The van der Waals surface area contributed by atoms with Crippen molar-refractivity contribution in [3.05, 3.63) is 10.9 Å². The zero-order chi connectivity index (χ0) is 15.4. The number of rotatable bonds is 7. The fraction of sp³-hybridized carbons (Fsp3) is 0.571. The van der Waals surface area contributed by atoms with Crippen LogP contribution in [0.2, 0.25) is 0 Å². The molecule has 0 amide bonds. The molecule has 21 heavy (non-hydrogen) atoms. The molecular weight excluding hydrogens is 286 g/mol. The van der Waals surface area contributed by atoms with Crippen molar-refractivity contribution >= 4 is 33.3 Å². The largest absolute Gasteiger partial charge is 0.396 e. The lowest BCUT2D eigenvalue weighted by atomic mass is 10.2. The number of hydrogen-bond donors (Lipinski definition) is 3. The molecule has 0 fully saturated rings. The normalized spacial score (nSPS) is 11.3. The third-order valence-electron chi connectivity index (χ3n) is 3.35. The highest BCUT2D eigenvalue weighted by molar-refractivity contribution is 7.18. The van der Waals surface area contributed by atoms with E-state index in [1.165, 1.54) is 4.88 Å². The van der Waals surface area contributed by atoms with Crippen LogP contribution in [0.3, 0.4) is 0 Å². The lowest BCUT2D eigenvalue weighted by Gasteiger charge is -2.28. The van der Waals surface area contributed by atoms with Crippen molar-refractivity contribution in [3.8, 4) is 0 Å². The zero-order valence-corrected chi connectivity index (χ0v) is 13.6. The van der Waals surface area contributed by atoms with Crippen molar-refractivity contribution in [1.82, 2.24) is 9.97 Å². The molecule has 0 aliphatic carbocycles. The van der Waals surface area contributed by atoms with Crippen molar-refractivity contribution < 1.29 is 5.11 Å². The van der Waals surface area contributed by atoms with Gasteiger partial charge in [-0.1, -0.05) is 6.92 Å². The fourth-order valence-corrected chi connectivity index (χ4v) is 3.23. The molecule has 2 rings (SSSR count). The molecule has 2 heterocycles. The van der Waals surface area contributed by atoms with Gasteiger partial charge in [-0.2, -0.15) is 4.98 Å². The smallest absolute Gasteiger partial charge is 0.240 e. The molecule has 0 radical (unpaired) electrons. The third kappa shape index (κ3) is 3.42. The Morgan fingerprint density at radius 2 is 2.19 bits per heavy atom. The van der Waals surface area contributed by atoms with Crippen molar-refractivity contribution in [1.29, 1.82) is 0 Å². The summed E-state index contributed by atoms with van der Waals surface area (Å²) in [7, 11) is 0. The Morgan fingerprint density at radius 3 is 2.76 bits per heavy atom. The summed E-state index contributed by atoms with van der Waals surface area (Å²) >= 11 is 1.67. The summed E-state index contributed by atoms with van der Waals surface area (Å²) < 4.78 is 0. The second-order valence-electron chi connectivity index (χ2n) is 5.16. The van der Waals surface area contributed by atoms with Crippen LogP contribution in [-0.2, 0) is 6.42 Å². The van der Waals surface area contributed by atoms with E-state index in [0.29, 0.717) is 12.4 Å². The highest BCUT2D eigenvalue weighted by Gasteiger charge is 2.18. The maximum Gasteiger partial charge on any atom is 0.240 e. The number of nitrogens with two attached hydrogens (primary N) is 1. The molecule has 0 aliphatic rings. The molecule has 4 N–H and O–H groups in total. The van der Waals surface area contributed by atoms with Gasteiger partial charge in [0.15, 0.2) is 0 Å². The average molecular weight is 309 g/mol. The minimum absolute atomic E-state index is 0.170. The van der Waals surface area contributed by atoms with Gasteiger partial charge in [0.05, 0.1) is 5.39 Å². The zero-order valence-electron chi connectivity index (χ0n) is 12.8. The number of nitrogen functional groups attached to an aromatic ring is 1. The summed E-state index contributed by atoms with van der Waals surface area (Å²) in [5, 5.41) is 10.2. The van der Waals surface area contributed by atoms with Crippen LogP contribution in [0.1, 0.15) is 32.1 Å². The van der Waals surface area contributed by atoms with Crippen LogP contribution < -0.4 is 16.2 Å². The van der Waals surface area contributed by atoms with Crippen LogP contribution in [-0.4, -0.2) is 34.3 Å². The lowest BCUT2D eigenvalue weighted by molar-refractivity contribution is 0.288. The molecular formula is C14H23N5OS. The highest BCUT2D eigenvalue weighted by Crippen LogP contribution is 2.33. The number of aliphatic hydroxyl groups excluding tert-OH is 1. The van der Waals surface area contributed by atoms with E-state index < -0.39 is 0 Å². The van der Waals surface area contributed by atoms with E-state index in [-0.39, 0.29) is 12.6 Å². The number of nitrogens with zero attached hydrogens (tertiary/aromatic N) is 3. The van der Waals surface area contributed by atoms with Gasteiger partial charge < -0.3 is 10.0 Å². The van der Waals surface area contributed by atoms with Crippen LogP contribution in [0.15, 0.2) is 6.07 Å². The van der Waals surface area contributed by atoms with Crippen LogP contribution in [0.25, 0.3) is 10.2 Å². The second-order valence-corrected chi connectivity index (χ2v) is 6.28. The summed E-state index contributed by atoms with van der Waals surface area (Å²) in [6.07, 6.45) is 1.68. The second kappa shape index (κ2) is 7.02. The Bertz CT molecular complexity index is 598. The van der Waals surface area contributed by atoms with Crippen LogP contribution in [0.5, 0.6) is 0 Å².